The molecule has 2 aliphatic rings. The molecule has 0 bridgehead atoms. The molecule has 0 atom stereocenters. The number of piperidine rings is 1. The fourth-order valence-electron chi connectivity index (χ4n) is 5.23. The molecule has 1 saturated carbocycles. The Morgan fingerprint density at radius 1 is 1.15 bits per heavy atom. The third kappa shape index (κ3) is 5.26. The molecule has 4 rings (SSSR count). The summed E-state index contributed by atoms with van der Waals surface area (Å²) in [4.78, 5) is 17.0. The van der Waals surface area contributed by atoms with Gasteiger partial charge in [0.15, 0.2) is 0 Å². The fourth-order valence-corrected chi connectivity index (χ4v) is 7.13. The Morgan fingerprint density at radius 2 is 1.88 bits per heavy atom. The number of hydrogen-bond acceptors (Lipinski definition) is 4. The Bertz CT molecular complexity index is 1090. The lowest BCUT2D eigenvalue weighted by Gasteiger charge is -2.39. The van der Waals surface area contributed by atoms with Gasteiger partial charge in [-0.1, -0.05) is 60.7 Å². The third-order valence-electron chi connectivity index (χ3n) is 7.21. The van der Waals surface area contributed by atoms with Crippen LogP contribution in [0.1, 0.15) is 56.1 Å². The number of halogens is 1. The van der Waals surface area contributed by atoms with E-state index in [1.165, 1.54) is 47.0 Å². The van der Waals surface area contributed by atoms with Crippen molar-refractivity contribution >= 4 is 27.5 Å². The molecule has 1 aliphatic heterocycles. The Morgan fingerprint density at radius 3 is 2.55 bits per heavy atom. The van der Waals surface area contributed by atoms with Crippen LogP contribution in [0.25, 0.3) is 0 Å². The van der Waals surface area contributed by atoms with Crippen LogP contribution in [0.2, 0.25) is 5.15 Å². The molecule has 2 heterocycles. The summed E-state index contributed by atoms with van der Waals surface area (Å²) in [6.07, 6.45) is 8.23. The first-order valence-electron chi connectivity index (χ1n) is 11.8. The topological polar surface area (TPSA) is 79.4 Å². The van der Waals surface area contributed by atoms with Crippen LogP contribution in [-0.4, -0.2) is 43.2 Å². The van der Waals surface area contributed by atoms with Gasteiger partial charge in [0.25, 0.3) is 0 Å². The molecule has 0 unspecified atom stereocenters. The van der Waals surface area contributed by atoms with Crippen molar-refractivity contribution in [1.29, 1.82) is 0 Å². The molecular formula is C25H32ClN3O3S. The summed E-state index contributed by atoms with van der Waals surface area (Å²) in [5, 5.41) is 3.22. The first-order chi connectivity index (χ1) is 15.8. The highest BCUT2D eigenvalue weighted by molar-refractivity contribution is 7.89. The largest absolute Gasteiger partial charge is 0.355 e. The van der Waals surface area contributed by atoms with E-state index in [2.05, 4.69) is 41.5 Å². The quantitative estimate of drug-likeness (QED) is 0.607. The van der Waals surface area contributed by atoms with E-state index < -0.39 is 10.0 Å². The van der Waals surface area contributed by atoms with Gasteiger partial charge in [-0.2, -0.15) is 4.31 Å². The first kappa shape index (κ1) is 24.2. The van der Waals surface area contributed by atoms with Gasteiger partial charge in [-0.05, 0) is 50.3 Å². The monoisotopic (exact) mass is 489 g/mol. The molecular weight excluding hydrogens is 458 g/mol. The number of rotatable bonds is 6. The average molecular weight is 490 g/mol. The summed E-state index contributed by atoms with van der Waals surface area (Å²) in [6, 6.07) is 11.7. The van der Waals surface area contributed by atoms with E-state index in [1.54, 1.807) is 6.07 Å². The normalized spacial score (nSPS) is 19.8. The van der Waals surface area contributed by atoms with Crippen LogP contribution in [-0.2, 0) is 20.2 Å². The number of aryl methyl sites for hydroxylation is 1. The van der Waals surface area contributed by atoms with Gasteiger partial charge < -0.3 is 5.32 Å². The Kier molecular flexibility index (Phi) is 7.41. The fraction of sp³-hybridized carbons (Fsp3) is 0.520. The molecule has 1 amide bonds. The summed E-state index contributed by atoms with van der Waals surface area (Å²) in [5.74, 6) is -0.150. The summed E-state index contributed by atoms with van der Waals surface area (Å²) < 4.78 is 27.3. The van der Waals surface area contributed by atoms with Gasteiger partial charge in [-0.3, -0.25) is 4.79 Å². The van der Waals surface area contributed by atoms with E-state index in [4.69, 9.17) is 11.6 Å². The van der Waals surface area contributed by atoms with Crippen molar-refractivity contribution in [2.24, 2.45) is 5.92 Å². The van der Waals surface area contributed by atoms with Crippen molar-refractivity contribution in [2.75, 3.05) is 19.6 Å². The lowest BCUT2D eigenvalue weighted by Crippen LogP contribution is -2.47. The summed E-state index contributed by atoms with van der Waals surface area (Å²) in [7, 11) is -3.71. The van der Waals surface area contributed by atoms with Gasteiger partial charge >= 0.3 is 0 Å². The number of amides is 1. The summed E-state index contributed by atoms with van der Waals surface area (Å²) in [5.41, 5.74) is 2.55. The average Bonchev–Trinajstić information content (AvgIpc) is 2.83. The van der Waals surface area contributed by atoms with Gasteiger partial charge in [0, 0.05) is 37.2 Å². The van der Waals surface area contributed by atoms with Crippen LogP contribution in [0.15, 0.2) is 47.5 Å². The lowest BCUT2D eigenvalue weighted by molar-refractivity contribution is -0.126. The van der Waals surface area contributed by atoms with Crippen LogP contribution in [0.3, 0.4) is 0 Å². The highest BCUT2D eigenvalue weighted by Crippen LogP contribution is 2.39. The molecule has 1 aromatic heterocycles. The minimum atomic E-state index is -3.71. The van der Waals surface area contributed by atoms with Gasteiger partial charge in [-0.15, -0.1) is 0 Å². The highest BCUT2D eigenvalue weighted by atomic mass is 35.5. The smallest absolute Gasteiger partial charge is 0.246 e. The molecule has 1 saturated heterocycles. The molecule has 1 aliphatic carbocycles. The van der Waals surface area contributed by atoms with Gasteiger partial charge in [0.2, 0.25) is 15.9 Å². The van der Waals surface area contributed by atoms with E-state index in [1.807, 2.05) is 0 Å². The molecule has 8 heteroatoms. The van der Waals surface area contributed by atoms with Crippen LogP contribution in [0.4, 0.5) is 0 Å². The predicted molar refractivity (Wildman–Crippen MR) is 130 cm³/mol. The second-order valence-corrected chi connectivity index (χ2v) is 11.7. The predicted octanol–water partition coefficient (Wildman–Crippen LogP) is 4.46. The minimum absolute atomic E-state index is 0.0129. The summed E-state index contributed by atoms with van der Waals surface area (Å²) in [6.45, 7) is 3.35. The number of sulfonamides is 1. The van der Waals surface area contributed by atoms with Crippen LogP contribution in [0.5, 0.6) is 0 Å². The van der Waals surface area contributed by atoms with Crippen LogP contribution >= 0.6 is 11.6 Å². The van der Waals surface area contributed by atoms with Gasteiger partial charge in [0.1, 0.15) is 10.0 Å². The SMILES string of the molecule is Cc1cccc(C2(CNC(=O)C3CCN(S(=O)(=O)c4cccnc4Cl)CC3)CCCCC2)c1. The molecule has 0 radical (unpaired) electrons. The number of hydrogen-bond donors (Lipinski definition) is 1. The van der Waals surface area contributed by atoms with Crippen molar-refractivity contribution in [2.45, 2.75) is 62.2 Å². The van der Waals surface area contributed by atoms with E-state index in [9.17, 15) is 13.2 Å². The number of carbonyl (C=O) groups excluding carboxylic acids is 1. The van der Waals surface area contributed by atoms with Gasteiger partial charge in [0.05, 0.1) is 0 Å². The van der Waals surface area contributed by atoms with Crippen LogP contribution < -0.4 is 5.32 Å². The van der Waals surface area contributed by atoms with Crippen molar-refractivity contribution < 1.29 is 13.2 Å². The summed E-state index contributed by atoms with van der Waals surface area (Å²) >= 11 is 6.01. The van der Waals surface area contributed by atoms with Crippen molar-refractivity contribution in [3.05, 3.63) is 58.9 Å². The Labute approximate surface area is 201 Å². The molecule has 178 valence electrons. The Balaban J connectivity index is 1.38. The lowest BCUT2D eigenvalue weighted by atomic mass is 9.69. The zero-order valence-electron chi connectivity index (χ0n) is 19.1. The van der Waals surface area contributed by atoms with Crippen molar-refractivity contribution in [3.63, 3.8) is 0 Å². The zero-order valence-corrected chi connectivity index (χ0v) is 20.7. The number of nitrogens with zero attached hydrogens (tertiary/aromatic N) is 2. The maximum Gasteiger partial charge on any atom is 0.246 e. The van der Waals surface area contributed by atoms with Crippen molar-refractivity contribution in [1.82, 2.24) is 14.6 Å². The molecule has 2 fully saturated rings. The maximum absolute atomic E-state index is 13.1. The highest BCUT2D eigenvalue weighted by Gasteiger charge is 2.37. The molecule has 33 heavy (non-hydrogen) atoms. The first-order valence-corrected chi connectivity index (χ1v) is 13.6. The molecule has 1 aromatic carbocycles. The van der Waals surface area contributed by atoms with E-state index in [0.29, 0.717) is 32.5 Å². The number of nitrogens with one attached hydrogen (secondary N) is 1. The molecule has 0 spiro atoms. The van der Waals surface area contributed by atoms with Crippen LogP contribution in [0, 0.1) is 12.8 Å². The number of carbonyl (C=O) groups is 1. The molecule has 2 aromatic rings. The second kappa shape index (κ2) is 10.1. The molecule has 6 nitrogen and oxygen atoms in total. The Hall–Kier alpha value is -1.96. The van der Waals surface area contributed by atoms with Crippen molar-refractivity contribution in [3.8, 4) is 0 Å². The number of benzene rings is 1. The minimum Gasteiger partial charge on any atom is -0.355 e. The van der Waals surface area contributed by atoms with E-state index in [0.717, 1.165) is 12.8 Å². The molecule has 1 N–H and O–H groups in total. The van der Waals surface area contributed by atoms with E-state index in [-0.39, 0.29) is 27.3 Å². The van der Waals surface area contributed by atoms with Gasteiger partial charge in [-0.25, -0.2) is 13.4 Å². The third-order valence-corrected chi connectivity index (χ3v) is 9.55. The maximum atomic E-state index is 13.1. The zero-order chi connectivity index (χ0) is 23.5. The standard InChI is InChI=1S/C25H32ClN3O3S/c1-19-7-5-8-21(17-19)25(12-3-2-4-13-25)18-28-24(30)20-10-15-29(16-11-20)33(31,32)22-9-6-14-27-23(22)26/h5-9,14,17,20H,2-4,10-13,15-16,18H2,1H3,(H,28,30). The second-order valence-electron chi connectivity index (χ2n) is 9.40. The van der Waals surface area contributed by atoms with E-state index >= 15 is 0 Å². The number of aromatic nitrogens is 1. The number of pyridine rings is 1.